The van der Waals surface area contributed by atoms with E-state index in [1.54, 1.807) is 16.8 Å². The molecule has 120 valence electrons. The van der Waals surface area contributed by atoms with Crippen LogP contribution in [0.15, 0.2) is 42.0 Å². The molecule has 0 radical (unpaired) electrons. The summed E-state index contributed by atoms with van der Waals surface area (Å²) in [5, 5.41) is 4.52. The van der Waals surface area contributed by atoms with Crippen LogP contribution < -0.4 is 10.1 Å². The Morgan fingerprint density at radius 3 is 2.70 bits per heavy atom. The highest BCUT2D eigenvalue weighted by Crippen LogP contribution is 2.22. The summed E-state index contributed by atoms with van der Waals surface area (Å²) in [5.41, 5.74) is 0.933. The molecule has 0 fully saturated rings. The molecule has 0 saturated heterocycles. The number of nitrogens with zero attached hydrogens (tertiary/aromatic N) is 2. The van der Waals surface area contributed by atoms with E-state index in [0.29, 0.717) is 10.5 Å². The highest BCUT2D eigenvalue weighted by atomic mass is 32.1. The standard InChI is InChI=1S/C14H10F3N3O2S/c15-14(16,17)22-10-3-1-9(2-4-10)7-18-12(21)11-8-20-5-6-23-13(20)19-11/h1-6,8H,7H2,(H,18,21). The van der Waals surface area contributed by atoms with E-state index >= 15 is 0 Å². The fraction of sp³-hybridized carbons (Fsp3) is 0.143. The SMILES string of the molecule is O=C(NCc1ccc(OC(F)(F)F)cc1)c1cn2ccsc2n1. The highest BCUT2D eigenvalue weighted by molar-refractivity contribution is 7.15. The average Bonchev–Trinajstić information content (AvgIpc) is 3.05. The van der Waals surface area contributed by atoms with Crippen molar-refractivity contribution >= 4 is 22.2 Å². The molecule has 1 N–H and O–H groups in total. The summed E-state index contributed by atoms with van der Waals surface area (Å²) in [6, 6.07) is 5.29. The van der Waals surface area contributed by atoms with Crippen molar-refractivity contribution in [2.75, 3.05) is 0 Å². The van der Waals surface area contributed by atoms with Gasteiger partial charge in [-0.2, -0.15) is 0 Å². The number of thiazole rings is 1. The number of imidazole rings is 1. The summed E-state index contributed by atoms with van der Waals surface area (Å²) in [4.78, 5) is 16.9. The summed E-state index contributed by atoms with van der Waals surface area (Å²) in [7, 11) is 0. The number of rotatable bonds is 4. The lowest BCUT2D eigenvalue weighted by molar-refractivity contribution is -0.274. The van der Waals surface area contributed by atoms with Gasteiger partial charge in [-0.25, -0.2) is 4.98 Å². The Balaban J connectivity index is 1.59. The van der Waals surface area contributed by atoms with Gasteiger partial charge in [-0.1, -0.05) is 12.1 Å². The van der Waals surface area contributed by atoms with Gasteiger partial charge in [-0.3, -0.25) is 9.20 Å². The van der Waals surface area contributed by atoms with Crippen molar-refractivity contribution in [2.24, 2.45) is 0 Å². The van der Waals surface area contributed by atoms with Gasteiger partial charge in [0.2, 0.25) is 0 Å². The molecule has 0 saturated carbocycles. The number of halogens is 3. The molecule has 0 atom stereocenters. The summed E-state index contributed by atoms with van der Waals surface area (Å²) < 4.78 is 41.7. The molecule has 1 aromatic carbocycles. The first-order valence-corrected chi connectivity index (χ1v) is 7.34. The van der Waals surface area contributed by atoms with Crippen molar-refractivity contribution in [3.63, 3.8) is 0 Å². The minimum Gasteiger partial charge on any atom is -0.406 e. The number of carbonyl (C=O) groups is 1. The van der Waals surface area contributed by atoms with Gasteiger partial charge in [0.25, 0.3) is 5.91 Å². The van der Waals surface area contributed by atoms with Crippen LogP contribution >= 0.6 is 11.3 Å². The van der Waals surface area contributed by atoms with Crippen LogP contribution in [0.25, 0.3) is 4.96 Å². The second kappa shape index (κ2) is 5.92. The first kappa shape index (κ1) is 15.3. The molecule has 9 heteroatoms. The molecular formula is C14H10F3N3O2S. The molecule has 5 nitrogen and oxygen atoms in total. The zero-order valence-electron chi connectivity index (χ0n) is 11.5. The molecule has 3 aromatic rings. The van der Waals surface area contributed by atoms with Gasteiger partial charge in [-0.05, 0) is 17.7 Å². The fourth-order valence-corrected chi connectivity index (χ4v) is 2.62. The predicted octanol–water partition coefficient (Wildman–Crippen LogP) is 3.22. The Hall–Kier alpha value is -2.55. The molecule has 0 unspecified atom stereocenters. The van der Waals surface area contributed by atoms with Crippen molar-refractivity contribution in [1.29, 1.82) is 0 Å². The smallest absolute Gasteiger partial charge is 0.406 e. The van der Waals surface area contributed by atoms with E-state index in [2.05, 4.69) is 15.0 Å². The Morgan fingerprint density at radius 1 is 1.30 bits per heavy atom. The van der Waals surface area contributed by atoms with E-state index in [0.717, 1.165) is 0 Å². The van der Waals surface area contributed by atoms with Gasteiger partial charge in [-0.15, -0.1) is 24.5 Å². The Kier molecular flexibility index (Phi) is 3.95. The number of fused-ring (bicyclic) bond motifs is 1. The molecule has 0 spiro atoms. The number of nitrogens with one attached hydrogen (secondary N) is 1. The second-order valence-electron chi connectivity index (χ2n) is 4.59. The van der Waals surface area contributed by atoms with Gasteiger partial charge < -0.3 is 10.1 Å². The predicted molar refractivity (Wildman–Crippen MR) is 77.4 cm³/mol. The van der Waals surface area contributed by atoms with Crippen molar-refractivity contribution in [3.8, 4) is 5.75 Å². The van der Waals surface area contributed by atoms with E-state index in [1.807, 2.05) is 5.38 Å². The van der Waals surface area contributed by atoms with Crippen molar-refractivity contribution in [2.45, 2.75) is 12.9 Å². The number of alkyl halides is 3. The van der Waals surface area contributed by atoms with Crippen LogP contribution in [0.4, 0.5) is 13.2 Å². The molecule has 2 aromatic heterocycles. The Morgan fingerprint density at radius 2 is 2.04 bits per heavy atom. The Bertz CT molecular complexity index is 795. The lowest BCUT2D eigenvalue weighted by Crippen LogP contribution is -2.23. The summed E-state index contributed by atoms with van der Waals surface area (Å²) in [5.74, 6) is -0.654. The molecule has 0 aliphatic heterocycles. The third-order valence-electron chi connectivity index (χ3n) is 2.94. The summed E-state index contributed by atoms with van der Waals surface area (Å²) >= 11 is 1.41. The monoisotopic (exact) mass is 341 g/mol. The van der Waals surface area contributed by atoms with Crippen LogP contribution in [0, 0.1) is 0 Å². The number of aromatic nitrogens is 2. The summed E-state index contributed by atoms with van der Waals surface area (Å²) in [6.07, 6.45) is -1.31. The van der Waals surface area contributed by atoms with Crippen LogP contribution in [-0.2, 0) is 6.54 Å². The van der Waals surface area contributed by atoms with Gasteiger partial charge >= 0.3 is 6.36 Å². The van der Waals surface area contributed by atoms with Crippen LogP contribution in [0.2, 0.25) is 0 Å². The average molecular weight is 341 g/mol. The number of ether oxygens (including phenoxy) is 1. The molecule has 0 aliphatic carbocycles. The topological polar surface area (TPSA) is 55.6 Å². The molecule has 0 bridgehead atoms. The van der Waals surface area contributed by atoms with Gasteiger partial charge in [0.05, 0.1) is 0 Å². The van der Waals surface area contributed by atoms with E-state index < -0.39 is 6.36 Å². The zero-order chi connectivity index (χ0) is 16.4. The molecule has 0 aliphatic rings. The van der Waals surface area contributed by atoms with E-state index in [9.17, 15) is 18.0 Å². The maximum absolute atomic E-state index is 12.1. The molecule has 3 rings (SSSR count). The van der Waals surface area contributed by atoms with E-state index in [4.69, 9.17) is 0 Å². The maximum Gasteiger partial charge on any atom is 0.573 e. The van der Waals surface area contributed by atoms with Crippen LogP contribution in [0.1, 0.15) is 16.1 Å². The fourth-order valence-electron chi connectivity index (χ4n) is 1.92. The second-order valence-corrected chi connectivity index (χ2v) is 5.47. The first-order valence-electron chi connectivity index (χ1n) is 6.46. The lowest BCUT2D eigenvalue weighted by atomic mass is 10.2. The number of amides is 1. The Labute approximate surface area is 132 Å². The normalized spacial score (nSPS) is 11.6. The van der Waals surface area contributed by atoms with Crippen LogP contribution in [-0.4, -0.2) is 21.7 Å². The highest BCUT2D eigenvalue weighted by Gasteiger charge is 2.30. The van der Waals surface area contributed by atoms with Crippen LogP contribution in [0.3, 0.4) is 0 Å². The van der Waals surface area contributed by atoms with Gasteiger partial charge in [0.1, 0.15) is 11.4 Å². The van der Waals surface area contributed by atoms with E-state index in [-0.39, 0.29) is 23.9 Å². The minimum atomic E-state index is -4.72. The third kappa shape index (κ3) is 3.81. The minimum absolute atomic E-state index is 0.177. The zero-order valence-corrected chi connectivity index (χ0v) is 12.3. The lowest BCUT2D eigenvalue weighted by Gasteiger charge is -2.09. The molecule has 2 heterocycles. The number of hydrogen-bond donors (Lipinski definition) is 1. The van der Waals surface area contributed by atoms with Crippen LogP contribution in [0.5, 0.6) is 5.75 Å². The van der Waals surface area contributed by atoms with Gasteiger partial charge in [0.15, 0.2) is 4.96 Å². The number of carbonyl (C=O) groups excluding carboxylic acids is 1. The van der Waals surface area contributed by atoms with Crippen molar-refractivity contribution < 1.29 is 22.7 Å². The third-order valence-corrected chi connectivity index (χ3v) is 3.71. The van der Waals surface area contributed by atoms with Crippen molar-refractivity contribution in [1.82, 2.24) is 14.7 Å². The van der Waals surface area contributed by atoms with Crippen molar-refractivity contribution in [3.05, 3.63) is 53.3 Å². The molecule has 1 amide bonds. The number of benzene rings is 1. The van der Waals surface area contributed by atoms with Gasteiger partial charge in [0, 0.05) is 24.3 Å². The maximum atomic E-state index is 12.1. The van der Waals surface area contributed by atoms with E-state index in [1.165, 1.54) is 35.6 Å². The number of hydrogen-bond acceptors (Lipinski definition) is 4. The largest absolute Gasteiger partial charge is 0.573 e. The first-order chi connectivity index (χ1) is 10.9. The molecule has 23 heavy (non-hydrogen) atoms. The summed E-state index contributed by atoms with van der Waals surface area (Å²) in [6.45, 7) is 0.177. The quantitative estimate of drug-likeness (QED) is 0.793. The molecular weight excluding hydrogens is 331 g/mol.